The third-order valence-corrected chi connectivity index (χ3v) is 14.0. The average Bonchev–Trinajstić information content (AvgIpc) is 2.24. The Morgan fingerprint density at radius 3 is 1.71 bits per heavy atom. The van der Waals surface area contributed by atoms with E-state index in [4.69, 9.17) is 19.7 Å². The molecular weight excluding hydrogens is 495 g/mol. The van der Waals surface area contributed by atoms with E-state index in [1.807, 2.05) is 6.92 Å². The van der Waals surface area contributed by atoms with Crippen molar-refractivity contribution >= 4 is 55.2 Å². The predicted molar refractivity (Wildman–Crippen MR) is 76.9 cm³/mol. The average molecular weight is 510 g/mol. The molecule has 1 aromatic rings. The number of aryl methyl sites for hydroxylation is 1. The minimum atomic E-state index is -5.17. The van der Waals surface area contributed by atoms with Crippen LogP contribution in [0.3, 0.4) is 0 Å². The number of halogens is 1. The van der Waals surface area contributed by atoms with Crippen molar-refractivity contribution in [2.24, 2.45) is 0 Å². The first kappa shape index (κ1) is 17.9. The summed E-state index contributed by atoms with van der Waals surface area (Å²) in [5.74, 6) is -2.14. The van der Waals surface area contributed by atoms with Gasteiger partial charge in [-0.15, -0.1) is 0 Å². The van der Waals surface area contributed by atoms with Crippen LogP contribution in [0.5, 0.6) is 0 Å². The van der Waals surface area contributed by atoms with Crippen LogP contribution in [-0.2, 0) is 22.4 Å². The van der Waals surface area contributed by atoms with Gasteiger partial charge in [-0.2, -0.15) is 0 Å². The molecular formula is C13H15ClO6Pb. The van der Waals surface area contributed by atoms with Crippen LogP contribution in [0.15, 0.2) is 18.2 Å². The normalized spacial score (nSPS) is 10.7. The Balaban J connectivity index is 3.47. The minimum absolute atomic E-state index is 0.223. The van der Waals surface area contributed by atoms with Crippen molar-refractivity contribution < 1.29 is 22.4 Å². The van der Waals surface area contributed by atoms with Crippen molar-refractivity contribution in [3.63, 3.8) is 0 Å². The first-order valence-corrected chi connectivity index (χ1v) is 13.1. The van der Waals surface area contributed by atoms with E-state index in [9.17, 15) is 14.4 Å². The third-order valence-electron chi connectivity index (χ3n) is 2.29. The molecule has 0 aliphatic carbocycles. The molecule has 0 spiro atoms. The summed E-state index contributed by atoms with van der Waals surface area (Å²) in [5.41, 5.74) is 0.861. The molecule has 1 rings (SSSR count). The van der Waals surface area contributed by atoms with Crippen LogP contribution in [0.2, 0.25) is 5.02 Å². The summed E-state index contributed by atoms with van der Waals surface area (Å²) in [6.07, 6.45) is 0. The molecule has 8 heteroatoms. The molecule has 0 bridgehead atoms. The summed E-state index contributed by atoms with van der Waals surface area (Å²) >= 11 is 0.975. The molecule has 0 saturated heterocycles. The maximum atomic E-state index is 11.4. The molecule has 114 valence electrons. The number of hydrogen-bond acceptors (Lipinski definition) is 6. The van der Waals surface area contributed by atoms with Gasteiger partial charge >= 0.3 is 134 Å². The molecule has 0 heterocycles. The fraction of sp³-hybridized carbons (Fsp3) is 0.308. The Morgan fingerprint density at radius 1 is 0.952 bits per heavy atom. The first-order chi connectivity index (χ1) is 9.66. The fourth-order valence-corrected chi connectivity index (χ4v) is 11.6. The molecule has 0 aliphatic heterocycles. The molecule has 0 unspecified atom stereocenters. The molecule has 0 radical (unpaired) electrons. The maximum absolute atomic E-state index is 11.4. The van der Waals surface area contributed by atoms with Gasteiger partial charge in [0.15, 0.2) is 0 Å². The van der Waals surface area contributed by atoms with E-state index >= 15 is 0 Å². The Morgan fingerprint density at radius 2 is 1.38 bits per heavy atom. The van der Waals surface area contributed by atoms with Crippen LogP contribution in [0.1, 0.15) is 26.3 Å². The van der Waals surface area contributed by atoms with Crippen LogP contribution < -0.4 is 3.12 Å². The van der Waals surface area contributed by atoms with Gasteiger partial charge in [0.1, 0.15) is 0 Å². The second-order valence-electron chi connectivity index (χ2n) is 4.32. The van der Waals surface area contributed by atoms with Gasteiger partial charge in [0.2, 0.25) is 0 Å². The molecule has 0 amide bonds. The zero-order valence-corrected chi connectivity index (χ0v) is 16.7. The van der Waals surface area contributed by atoms with Gasteiger partial charge in [-0.05, 0) is 0 Å². The van der Waals surface area contributed by atoms with Gasteiger partial charge in [0.05, 0.1) is 0 Å². The van der Waals surface area contributed by atoms with E-state index in [-0.39, 0.29) is 8.15 Å². The van der Waals surface area contributed by atoms with Gasteiger partial charge in [-0.1, -0.05) is 0 Å². The van der Waals surface area contributed by atoms with Gasteiger partial charge in [0.25, 0.3) is 0 Å². The number of carbonyl (C=O) groups is 3. The molecule has 0 N–H and O–H groups in total. The van der Waals surface area contributed by atoms with E-state index in [1.165, 1.54) is 0 Å². The summed E-state index contributed by atoms with van der Waals surface area (Å²) in [4.78, 5) is 34.1. The van der Waals surface area contributed by atoms with Gasteiger partial charge in [0, 0.05) is 0 Å². The Labute approximate surface area is 133 Å². The Kier molecular flexibility index (Phi) is 6.14. The van der Waals surface area contributed by atoms with Crippen molar-refractivity contribution in [2.45, 2.75) is 27.7 Å². The van der Waals surface area contributed by atoms with Gasteiger partial charge in [-0.25, -0.2) is 0 Å². The molecule has 21 heavy (non-hydrogen) atoms. The van der Waals surface area contributed by atoms with Gasteiger partial charge in [-0.3, -0.25) is 0 Å². The quantitative estimate of drug-likeness (QED) is 0.572. The van der Waals surface area contributed by atoms with E-state index in [0.717, 1.165) is 26.3 Å². The van der Waals surface area contributed by atoms with Crippen molar-refractivity contribution in [3.8, 4) is 0 Å². The summed E-state index contributed by atoms with van der Waals surface area (Å²) in [7, 11) is 0. The van der Waals surface area contributed by atoms with Crippen molar-refractivity contribution in [2.75, 3.05) is 0 Å². The summed E-state index contributed by atoms with van der Waals surface area (Å²) < 4.78 is 15.8. The number of benzene rings is 1. The van der Waals surface area contributed by atoms with Crippen molar-refractivity contribution in [1.82, 2.24) is 0 Å². The van der Waals surface area contributed by atoms with Crippen LogP contribution >= 0.6 is 11.6 Å². The van der Waals surface area contributed by atoms with E-state index in [2.05, 4.69) is 0 Å². The number of rotatable bonds is 4. The van der Waals surface area contributed by atoms with E-state index < -0.39 is 40.4 Å². The summed E-state index contributed by atoms with van der Waals surface area (Å²) in [5, 5.41) is 0.223. The topological polar surface area (TPSA) is 78.9 Å². The monoisotopic (exact) mass is 510 g/mol. The summed E-state index contributed by atoms with van der Waals surface area (Å²) in [6.45, 7) is 5.25. The van der Waals surface area contributed by atoms with Crippen LogP contribution in [-0.4, -0.2) is 40.4 Å². The van der Waals surface area contributed by atoms with Crippen molar-refractivity contribution in [1.29, 1.82) is 0 Å². The molecule has 0 saturated carbocycles. The second kappa shape index (κ2) is 7.21. The molecule has 1 aromatic carbocycles. The standard InChI is InChI=1S/C7H6Cl.3C2H4O2.Pb/c1-6-3-2-4-7(8)5-6;3*1-2(3)4;/h2-3,5H,1H3;3*1H3,(H,3,4);/q;;;;+3/p-3. The SMILES string of the molecule is CC(=O)[O][Pb]([O]C(C)=O)([O]C(C)=O)[c]1ccc(C)cc1Cl. The molecule has 0 aromatic heterocycles. The predicted octanol–water partition coefficient (Wildman–Crippen LogP) is 1.48. The van der Waals surface area contributed by atoms with E-state index in [1.54, 1.807) is 18.2 Å². The zero-order valence-electron chi connectivity index (χ0n) is 12.1. The molecule has 0 fully saturated rings. The van der Waals surface area contributed by atoms with Crippen LogP contribution in [0.25, 0.3) is 0 Å². The van der Waals surface area contributed by atoms with Crippen LogP contribution in [0, 0.1) is 6.92 Å². The first-order valence-electron chi connectivity index (χ1n) is 6.01. The van der Waals surface area contributed by atoms with Crippen LogP contribution in [0.4, 0.5) is 0 Å². The Bertz CT molecular complexity index is 545. The summed E-state index contributed by atoms with van der Waals surface area (Å²) in [6, 6.07) is 4.86. The zero-order chi connectivity index (χ0) is 16.2. The molecule has 6 nitrogen and oxygen atoms in total. The fourth-order valence-electron chi connectivity index (χ4n) is 1.66. The van der Waals surface area contributed by atoms with E-state index in [0.29, 0.717) is 0 Å². The van der Waals surface area contributed by atoms with Gasteiger partial charge < -0.3 is 0 Å². The second-order valence-corrected chi connectivity index (χ2v) is 13.5. The number of carbonyl (C=O) groups excluding carboxylic acids is 3. The number of hydrogen-bond donors (Lipinski definition) is 0. The molecule has 0 atom stereocenters. The Hall–Kier alpha value is -1.16. The van der Waals surface area contributed by atoms with Crippen molar-refractivity contribution in [3.05, 3.63) is 28.8 Å². The molecule has 0 aliphatic rings. The third kappa shape index (κ3) is 4.96.